The smallest absolute Gasteiger partial charge is 0.328 e. The highest BCUT2D eigenvalue weighted by Gasteiger charge is 2.16. The van der Waals surface area contributed by atoms with Crippen molar-refractivity contribution in [3.05, 3.63) is 53.6 Å². The number of benzene rings is 1. The molecule has 0 radical (unpaired) electrons. The van der Waals surface area contributed by atoms with Gasteiger partial charge >= 0.3 is 11.9 Å². The molecule has 0 saturated heterocycles. The number of aliphatic carboxylic acids is 2. The monoisotopic (exact) mass is 347 g/mol. The van der Waals surface area contributed by atoms with E-state index in [9.17, 15) is 14.0 Å². The Hall–Kier alpha value is -2.93. The first-order chi connectivity index (χ1) is 11.9. The van der Waals surface area contributed by atoms with Crippen molar-refractivity contribution in [2.45, 2.75) is 13.3 Å². The molecule has 0 unspecified atom stereocenters. The van der Waals surface area contributed by atoms with Crippen LogP contribution in [-0.2, 0) is 9.59 Å². The number of carboxylic acid groups (broad SMARTS) is 2. The summed E-state index contributed by atoms with van der Waals surface area (Å²) in [5.41, 5.74) is 4.18. The number of furan rings is 1. The first kappa shape index (κ1) is 18.4. The van der Waals surface area contributed by atoms with Crippen LogP contribution in [0.2, 0.25) is 0 Å². The van der Waals surface area contributed by atoms with Crippen molar-refractivity contribution in [3.8, 4) is 0 Å². The van der Waals surface area contributed by atoms with E-state index >= 15 is 0 Å². The van der Waals surface area contributed by atoms with Crippen LogP contribution >= 0.6 is 0 Å². The molecule has 0 amide bonds. The molecule has 2 aromatic rings. The quantitative estimate of drug-likeness (QED) is 0.738. The number of rotatable bonds is 3. The van der Waals surface area contributed by atoms with E-state index < -0.39 is 11.9 Å². The number of halogens is 1. The summed E-state index contributed by atoms with van der Waals surface area (Å²) in [6, 6.07) is 4.90. The number of hydrogen-bond acceptors (Lipinski definition) is 4. The van der Waals surface area contributed by atoms with Gasteiger partial charge in [0.15, 0.2) is 0 Å². The normalized spacial score (nSPS) is 14.5. The van der Waals surface area contributed by atoms with Gasteiger partial charge in [-0.2, -0.15) is 0 Å². The number of nitrogens with one attached hydrogen (secondary N) is 1. The molecule has 0 bridgehead atoms. The zero-order valence-corrected chi connectivity index (χ0v) is 13.6. The Morgan fingerprint density at radius 1 is 1.24 bits per heavy atom. The molecule has 6 nitrogen and oxygen atoms in total. The summed E-state index contributed by atoms with van der Waals surface area (Å²) in [5.74, 6) is -2.72. The fourth-order valence-electron chi connectivity index (χ4n) is 2.59. The van der Waals surface area contributed by atoms with Crippen molar-refractivity contribution in [1.29, 1.82) is 0 Å². The van der Waals surface area contributed by atoms with Crippen LogP contribution in [-0.4, -0.2) is 35.2 Å². The van der Waals surface area contributed by atoms with Crippen LogP contribution in [0, 0.1) is 5.82 Å². The van der Waals surface area contributed by atoms with Gasteiger partial charge in [0.25, 0.3) is 0 Å². The highest BCUT2D eigenvalue weighted by Crippen LogP contribution is 2.32. The standard InChI is InChI=1S/C14H14FNO.C4H4O4/c1-9-8-16-4-2-12(9)13-7-11(15)6-10-3-5-17-14(10)13;5-3(6)1-2-4(7)8/h3,5-7,16H,2,4,8H2,1H3;1-2H,(H,5,6)(H,7,8). The number of hydrogen-bond donors (Lipinski definition) is 3. The van der Waals surface area contributed by atoms with Gasteiger partial charge < -0.3 is 19.9 Å². The minimum atomic E-state index is -1.26. The second kappa shape index (κ2) is 8.25. The fraction of sp³-hybridized carbons (Fsp3) is 0.222. The Morgan fingerprint density at radius 2 is 1.92 bits per heavy atom. The molecule has 132 valence electrons. The molecule has 1 aliphatic heterocycles. The lowest BCUT2D eigenvalue weighted by atomic mass is 9.94. The Bertz CT molecular complexity index is 834. The lowest BCUT2D eigenvalue weighted by molar-refractivity contribution is -0.134. The van der Waals surface area contributed by atoms with Gasteiger partial charge in [0.1, 0.15) is 11.4 Å². The van der Waals surface area contributed by atoms with Gasteiger partial charge in [0.2, 0.25) is 0 Å². The Morgan fingerprint density at radius 3 is 2.52 bits per heavy atom. The molecule has 1 aromatic heterocycles. The van der Waals surface area contributed by atoms with Crippen LogP contribution in [0.3, 0.4) is 0 Å². The highest BCUT2D eigenvalue weighted by molar-refractivity contribution is 5.91. The lowest BCUT2D eigenvalue weighted by Gasteiger charge is -2.19. The summed E-state index contributed by atoms with van der Waals surface area (Å²) in [5, 5.41) is 19.8. The number of carboxylic acids is 2. The Kier molecular flexibility index (Phi) is 6.08. The highest BCUT2D eigenvalue weighted by atomic mass is 19.1. The van der Waals surface area contributed by atoms with Gasteiger partial charge in [0.05, 0.1) is 6.26 Å². The molecule has 0 spiro atoms. The predicted molar refractivity (Wildman–Crippen MR) is 90.7 cm³/mol. The second-order valence-corrected chi connectivity index (χ2v) is 5.49. The van der Waals surface area contributed by atoms with Crippen molar-refractivity contribution in [1.82, 2.24) is 5.32 Å². The second-order valence-electron chi connectivity index (χ2n) is 5.49. The molecule has 3 rings (SSSR count). The largest absolute Gasteiger partial charge is 0.478 e. The van der Waals surface area contributed by atoms with Gasteiger partial charge in [-0.3, -0.25) is 0 Å². The number of fused-ring (bicyclic) bond motifs is 1. The van der Waals surface area contributed by atoms with Crippen molar-refractivity contribution in [2.75, 3.05) is 13.1 Å². The van der Waals surface area contributed by atoms with Crippen molar-refractivity contribution in [3.63, 3.8) is 0 Å². The molecule has 1 aliphatic rings. The average molecular weight is 347 g/mol. The first-order valence-electron chi connectivity index (χ1n) is 7.59. The Labute approximate surface area is 143 Å². The van der Waals surface area contributed by atoms with Crippen LogP contribution in [0.15, 0.2) is 46.6 Å². The minimum absolute atomic E-state index is 0.201. The summed E-state index contributed by atoms with van der Waals surface area (Å²) >= 11 is 0. The molecule has 1 aromatic carbocycles. The molecule has 2 heterocycles. The molecule has 0 saturated carbocycles. The molecule has 0 fully saturated rings. The molecule has 0 atom stereocenters. The zero-order valence-electron chi connectivity index (χ0n) is 13.6. The van der Waals surface area contributed by atoms with Crippen LogP contribution in [0.1, 0.15) is 18.9 Å². The van der Waals surface area contributed by atoms with Gasteiger partial charge in [-0.15, -0.1) is 0 Å². The maximum atomic E-state index is 13.6. The van der Waals surface area contributed by atoms with E-state index in [1.165, 1.54) is 17.2 Å². The third-order valence-electron chi connectivity index (χ3n) is 3.67. The van der Waals surface area contributed by atoms with E-state index in [0.717, 1.165) is 36.0 Å². The van der Waals surface area contributed by atoms with Crippen LogP contribution < -0.4 is 5.32 Å². The number of carbonyl (C=O) groups is 2. The van der Waals surface area contributed by atoms with Crippen LogP contribution in [0.25, 0.3) is 16.5 Å². The third-order valence-corrected chi connectivity index (χ3v) is 3.67. The molecular formula is C18H18FNO5. The van der Waals surface area contributed by atoms with E-state index in [-0.39, 0.29) is 5.82 Å². The molecule has 7 heteroatoms. The molecule has 25 heavy (non-hydrogen) atoms. The maximum absolute atomic E-state index is 13.6. The molecule has 3 N–H and O–H groups in total. The first-order valence-corrected chi connectivity index (χ1v) is 7.59. The molecule has 0 aliphatic carbocycles. The summed E-state index contributed by atoms with van der Waals surface area (Å²) in [6.07, 6.45) is 3.65. The summed E-state index contributed by atoms with van der Waals surface area (Å²) in [4.78, 5) is 19.1. The van der Waals surface area contributed by atoms with E-state index in [1.54, 1.807) is 18.4 Å². The van der Waals surface area contributed by atoms with Gasteiger partial charge in [-0.1, -0.05) is 5.57 Å². The van der Waals surface area contributed by atoms with Crippen LogP contribution in [0.5, 0.6) is 0 Å². The maximum Gasteiger partial charge on any atom is 0.328 e. The third kappa shape index (κ3) is 5.02. The lowest BCUT2D eigenvalue weighted by Crippen LogP contribution is -2.23. The van der Waals surface area contributed by atoms with E-state index in [1.807, 2.05) is 0 Å². The zero-order chi connectivity index (χ0) is 18.4. The van der Waals surface area contributed by atoms with E-state index in [4.69, 9.17) is 14.6 Å². The average Bonchev–Trinajstić information content (AvgIpc) is 3.01. The SMILES string of the molecule is CC1=C(c2cc(F)cc3ccoc23)CCNC1.O=C(O)C=CC(=O)O. The van der Waals surface area contributed by atoms with Crippen LogP contribution in [0.4, 0.5) is 4.39 Å². The summed E-state index contributed by atoms with van der Waals surface area (Å²) in [6.45, 7) is 3.89. The van der Waals surface area contributed by atoms with Gasteiger partial charge in [-0.05, 0) is 43.7 Å². The summed E-state index contributed by atoms with van der Waals surface area (Å²) < 4.78 is 19.1. The van der Waals surface area contributed by atoms with E-state index in [2.05, 4.69) is 12.2 Å². The Balaban J connectivity index is 0.000000242. The van der Waals surface area contributed by atoms with Gasteiger partial charge in [-0.25, -0.2) is 14.0 Å². The van der Waals surface area contributed by atoms with Crippen molar-refractivity contribution in [2.24, 2.45) is 0 Å². The minimum Gasteiger partial charge on any atom is -0.478 e. The molecular weight excluding hydrogens is 329 g/mol. The summed E-state index contributed by atoms with van der Waals surface area (Å²) in [7, 11) is 0. The fourth-order valence-corrected chi connectivity index (χ4v) is 2.59. The predicted octanol–water partition coefficient (Wildman–Crippen LogP) is 3.05. The topological polar surface area (TPSA) is 99.8 Å². The van der Waals surface area contributed by atoms with E-state index in [0.29, 0.717) is 12.2 Å². The van der Waals surface area contributed by atoms with Crippen molar-refractivity contribution >= 4 is 28.5 Å². The van der Waals surface area contributed by atoms with Crippen molar-refractivity contribution < 1.29 is 28.6 Å². The van der Waals surface area contributed by atoms with Gasteiger partial charge in [0, 0.05) is 29.6 Å².